The second kappa shape index (κ2) is 9.66. The van der Waals surface area contributed by atoms with Crippen LogP contribution in [0.25, 0.3) is 22.3 Å². The van der Waals surface area contributed by atoms with Gasteiger partial charge in [0.25, 0.3) is 5.91 Å². The minimum atomic E-state index is -2.98. The molecule has 1 aliphatic rings. The van der Waals surface area contributed by atoms with Gasteiger partial charge in [-0.25, -0.2) is 23.4 Å². The van der Waals surface area contributed by atoms with E-state index in [0.717, 1.165) is 11.7 Å². The highest BCUT2D eigenvalue weighted by Crippen LogP contribution is 2.31. The van der Waals surface area contributed by atoms with Crippen molar-refractivity contribution in [3.8, 4) is 11.3 Å². The average molecular weight is 499 g/mol. The number of pyridine rings is 1. The number of anilines is 2. The lowest BCUT2D eigenvalue weighted by atomic mass is 10.1. The van der Waals surface area contributed by atoms with Crippen molar-refractivity contribution in [3.63, 3.8) is 0 Å². The molecular formula is C21H26N10O3S. The van der Waals surface area contributed by atoms with E-state index in [1.807, 2.05) is 11.6 Å². The normalized spacial score (nSPS) is 16.1. The van der Waals surface area contributed by atoms with Gasteiger partial charge in [-0.1, -0.05) is 0 Å². The number of hydrogen-bond donors (Lipinski definition) is 5. The predicted octanol–water partition coefficient (Wildman–Crippen LogP) is 0.636. The van der Waals surface area contributed by atoms with Crippen LogP contribution in [0.2, 0.25) is 0 Å². The van der Waals surface area contributed by atoms with E-state index in [1.54, 1.807) is 32.0 Å². The standard InChI is InChI=1S/C21H26N10O3S/c1-24-20-17(14-9-25-10-15-16(14)27-11-31(15)2)29-18(19(23)32)21(30-20)28-13(7-22)8-26-12-3-5-35(33,34)6-4-12/h7-12,22,26H,3-6H2,1-2H3,(H2,23,32)(H2,24,28,30)/b13-8+,22-7?. The van der Waals surface area contributed by atoms with Crippen LogP contribution in [0.3, 0.4) is 0 Å². The Morgan fingerprint density at radius 2 is 1.97 bits per heavy atom. The zero-order chi connectivity index (χ0) is 25.2. The Morgan fingerprint density at radius 3 is 2.63 bits per heavy atom. The fourth-order valence-corrected chi connectivity index (χ4v) is 5.28. The number of rotatable bonds is 8. The minimum absolute atomic E-state index is 0.0430. The van der Waals surface area contributed by atoms with Crippen molar-refractivity contribution in [2.45, 2.75) is 18.9 Å². The number of nitrogens with one attached hydrogen (secondary N) is 4. The Hall–Kier alpha value is -4.07. The molecule has 0 atom stereocenters. The van der Waals surface area contributed by atoms with Gasteiger partial charge in [0, 0.05) is 38.7 Å². The summed E-state index contributed by atoms with van der Waals surface area (Å²) in [7, 11) is 0.533. The van der Waals surface area contributed by atoms with Crippen molar-refractivity contribution in [1.82, 2.24) is 29.8 Å². The second-order valence-electron chi connectivity index (χ2n) is 8.10. The van der Waals surface area contributed by atoms with Gasteiger partial charge in [-0.15, -0.1) is 0 Å². The molecule has 6 N–H and O–H groups in total. The van der Waals surface area contributed by atoms with Crippen molar-refractivity contribution >= 4 is 44.6 Å². The van der Waals surface area contributed by atoms with Gasteiger partial charge >= 0.3 is 0 Å². The number of aromatic nitrogens is 5. The molecule has 3 aromatic heterocycles. The van der Waals surface area contributed by atoms with Crippen molar-refractivity contribution in [3.05, 3.63) is 36.3 Å². The quantitative estimate of drug-likeness (QED) is 0.275. The fraction of sp³-hybridized carbons (Fsp3) is 0.333. The lowest BCUT2D eigenvalue weighted by molar-refractivity contribution is 0.0996. The van der Waals surface area contributed by atoms with Gasteiger partial charge in [-0.3, -0.25) is 9.78 Å². The molecule has 14 heteroatoms. The number of sulfone groups is 1. The monoisotopic (exact) mass is 498 g/mol. The Morgan fingerprint density at radius 1 is 1.23 bits per heavy atom. The largest absolute Gasteiger partial charge is 0.386 e. The van der Waals surface area contributed by atoms with Crippen LogP contribution in [0.15, 0.2) is 30.6 Å². The van der Waals surface area contributed by atoms with Gasteiger partial charge in [0.1, 0.15) is 21.0 Å². The molecule has 0 saturated carbocycles. The highest BCUT2D eigenvalue weighted by atomic mass is 32.2. The van der Waals surface area contributed by atoms with Crippen LogP contribution in [0, 0.1) is 5.41 Å². The molecule has 1 aliphatic heterocycles. The second-order valence-corrected chi connectivity index (χ2v) is 10.4. The average Bonchev–Trinajstić information content (AvgIpc) is 3.22. The van der Waals surface area contributed by atoms with Crippen molar-refractivity contribution in [1.29, 1.82) is 5.41 Å². The van der Waals surface area contributed by atoms with Crippen LogP contribution < -0.4 is 21.7 Å². The molecular weight excluding hydrogens is 472 g/mol. The molecule has 0 bridgehead atoms. The van der Waals surface area contributed by atoms with Crippen LogP contribution >= 0.6 is 0 Å². The number of allylic oxidation sites excluding steroid dienone is 1. The third kappa shape index (κ3) is 5.06. The number of carbonyl (C=O) groups excluding carboxylic acids is 1. The molecule has 13 nitrogen and oxygen atoms in total. The van der Waals surface area contributed by atoms with Crippen molar-refractivity contribution in [2.24, 2.45) is 12.8 Å². The number of fused-ring (bicyclic) bond motifs is 1. The van der Waals surface area contributed by atoms with E-state index in [-0.39, 0.29) is 29.1 Å². The molecule has 4 rings (SSSR count). The Labute approximate surface area is 201 Å². The molecule has 1 amide bonds. The van der Waals surface area contributed by atoms with Gasteiger partial charge in [0.15, 0.2) is 17.3 Å². The van der Waals surface area contributed by atoms with E-state index >= 15 is 0 Å². The number of nitrogens with zero attached hydrogens (tertiary/aromatic N) is 5. The maximum absolute atomic E-state index is 12.3. The first kappa shape index (κ1) is 24.1. The Balaban J connectivity index is 1.67. The molecule has 4 heterocycles. The molecule has 35 heavy (non-hydrogen) atoms. The van der Waals surface area contributed by atoms with Crippen LogP contribution in [0.5, 0.6) is 0 Å². The number of nitrogens with two attached hydrogens (primary N) is 1. The van der Waals surface area contributed by atoms with E-state index in [9.17, 15) is 13.2 Å². The van der Waals surface area contributed by atoms with Gasteiger partial charge in [0.05, 0.1) is 40.8 Å². The molecule has 0 aliphatic carbocycles. The maximum atomic E-state index is 12.3. The maximum Gasteiger partial charge on any atom is 0.271 e. The zero-order valence-electron chi connectivity index (χ0n) is 19.2. The Kier molecular flexibility index (Phi) is 6.64. The van der Waals surface area contributed by atoms with E-state index in [1.165, 1.54) is 0 Å². The summed E-state index contributed by atoms with van der Waals surface area (Å²) >= 11 is 0. The van der Waals surface area contributed by atoms with Crippen LogP contribution in [0.4, 0.5) is 11.6 Å². The smallest absolute Gasteiger partial charge is 0.271 e. The van der Waals surface area contributed by atoms with Gasteiger partial charge in [-0.05, 0) is 12.8 Å². The Bertz CT molecular complexity index is 1420. The summed E-state index contributed by atoms with van der Waals surface area (Å²) in [6, 6.07) is -0.0430. The van der Waals surface area contributed by atoms with Gasteiger partial charge < -0.3 is 31.7 Å². The molecule has 0 spiro atoms. The first-order valence-corrected chi connectivity index (χ1v) is 12.6. The van der Waals surface area contributed by atoms with E-state index in [0.29, 0.717) is 41.1 Å². The topological polar surface area (TPSA) is 194 Å². The number of hydrogen-bond acceptors (Lipinski definition) is 11. The summed E-state index contributed by atoms with van der Waals surface area (Å²) in [6.45, 7) is 0. The highest BCUT2D eigenvalue weighted by Gasteiger charge is 2.24. The molecule has 1 saturated heterocycles. The van der Waals surface area contributed by atoms with Crippen molar-refractivity contribution in [2.75, 3.05) is 29.2 Å². The third-order valence-corrected chi connectivity index (χ3v) is 7.42. The van der Waals surface area contributed by atoms with Crippen LogP contribution in [-0.4, -0.2) is 69.6 Å². The first-order chi connectivity index (χ1) is 16.7. The summed E-state index contributed by atoms with van der Waals surface area (Å²) in [5.41, 5.74) is 8.14. The number of carbonyl (C=O) groups is 1. The lowest BCUT2D eigenvalue weighted by Gasteiger charge is -2.22. The van der Waals surface area contributed by atoms with E-state index < -0.39 is 15.7 Å². The number of amides is 1. The van der Waals surface area contributed by atoms with E-state index in [4.69, 9.17) is 11.1 Å². The molecule has 0 radical (unpaired) electrons. The summed E-state index contributed by atoms with van der Waals surface area (Å²) in [5.74, 6) is -0.149. The van der Waals surface area contributed by atoms with Gasteiger partial charge in [-0.2, -0.15) is 0 Å². The molecule has 184 valence electrons. The zero-order valence-corrected chi connectivity index (χ0v) is 20.1. The predicted molar refractivity (Wildman–Crippen MR) is 133 cm³/mol. The lowest BCUT2D eigenvalue weighted by Crippen LogP contribution is -2.35. The summed E-state index contributed by atoms with van der Waals surface area (Å²) < 4.78 is 25.1. The molecule has 0 aromatic carbocycles. The minimum Gasteiger partial charge on any atom is -0.386 e. The SMILES string of the molecule is CNc1nc(N/C(C=N)=C/NC2CCS(=O)(=O)CC2)c(C(N)=O)nc1-c1cncc2c1ncn2C. The molecule has 1 fully saturated rings. The fourth-order valence-electron chi connectivity index (χ4n) is 3.79. The van der Waals surface area contributed by atoms with Gasteiger partial charge in [0.2, 0.25) is 0 Å². The number of aryl methyl sites for hydroxylation is 1. The molecule has 0 unspecified atom stereocenters. The van der Waals surface area contributed by atoms with E-state index in [2.05, 4.69) is 35.9 Å². The molecule has 3 aromatic rings. The first-order valence-electron chi connectivity index (χ1n) is 10.8. The summed E-state index contributed by atoms with van der Waals surface area (Å²) in [5, 5.41) is 16.8. The summed E-state index contributed by atoms with van der Waals surface area (Å²) in [4.78, 5) is 30.0. The van der Waals surface area contributed by atoms with Crippen LogP contribution in [-0.2, 0) is 16.9 Å². The van der Waals surface area contributed by atoms with Crippen molar-refractivity contribution < 1.29 is 13.2 Å². The van der Waals surface area contributed by atoms with Crippen LogP contribution in [0.1, 0.15) is 23.3 Å². The summed E-state index contributed by atoms with van der Waals surface area (Å²) in [6.07, 6.45) is 8.47. The highest BCUT2D eigenvalue weighted by molar-refractivity contribution is 7.91. The number of primary amides is 1. The number of imidazole rings is 1. The third-order valence-electron chi connectivity index (χ3n) is 5.71.